The Morgan fingerprint density at radius 3 is 1.92 bits per heavy atom. The fourth-order valence-electron chi connectivity index (χ4n) is 1.94. The second-order valence-electron chi connectivity index (χ2n) is 4.77. The number of alkyl halides is 6. The van der Waals surface area contributed by atoms with Gasteiger partial charge in [-0.15, -0.1) is 0 Å². The molecule has 14 heteroatoms. The molecule has 0 radical (unpaired) electrons. The number of benzene rings is 1. The number of aromatic carboxylic acids is 1. The Morgan fingerprint density at radius 1 is 1.08 bits per heavy atom. The number of nitrogens with zero attached hydrogens (tertiary/aromatic N) is 2. The lowest BCUT2D eigenvalue weighted by Gasteiger charge is -2.18. The number of H-pyrrole nitrogens is 1. The standard InChI is InChI=1S/C12H6F6N4O4/c13-11(14,15)4-1-3(2-5(6(4)19)12(16,17)18)22-10(26)20-8(23)7(21-22)9(24)25/h1-2H,19H2,(H,24,25)(H,20,23,26). The molecule has 0 saturated carbocycles. The van der Waals surface area contributed by atoms with Crippen LogP contribution in [0.4, 0.5) is 32.0 Å². The molecule has 0 saturated heterocycles. The molecule has 0 atom stereocenters. The van der Waals surface area contributed by atoms with Crippen LogP contribution in [0.15, 0.2) is 21.7 Å². The minimum Gasteiger partial charge on any atom is -0.476 e. The van der Waals surface area contributed by atoms with Crippen molar-refractivity contribution in [3.8, 4) is 5.69 Å². The summed E-state index contributed by atoms with van der Waals surface area (Å²) in [7, 11) is 0. The lowest BCUT2D eigenvalue weighted by Crippen LogP contribution is -2.36. The van der Waals surface area contributed by atoms with E-state index in [1.165, 1.54) is 4.98 Å². The van der Waals surface area contributed by atoms with Gasteiger partial charge in [0.15, 0.2) is 0 Å². The minimum absolute atomic E-state index is 0.0723. The molecule has 0 aliphatic carbocycles. The van der Waals surface area contributed by atoms with E-state index in [0.717, 1.165) is 0 Å². The number of aromatic amines is 1. The highest BCUT2D eigenvalue weighted by molar-refractivity contribution is 5.84. The number of nitrogen functional groups attached to an aromatic ring is 1. The van der Waals surface area contributed by atoms with Gasteiger partial charge in [0.2, 0.25) is 5.69 Å². The number of nitrogens with one attached hydrogen (secondary N) is 1. The monoisotopic (exact) mass is 384 g/mol. The number of aromatic nitrogens is 3. The van der Waals surface area contributed by atoms with Crippen LogP contribution in [0.2, 0.25) is 0 Å². The molecule has 0 aliphatic heterocycles. The van der Waals surface area contributed by atoms with E-state index in [1.807, 2.05) is 0 Å². The summed E-state index contributed by atoms with van der Waals surface area (Å²) in [6, 6.07) is 0.145. The molecule has 26 heavy (non-hydrogen) atoms. The zero-order valence-electron chi connectivity index (χ0n) is 12.1. The van der Waals surface area contributed by atoms with E-state index < -0.39 is 57.8 Å². The Bertz CT molecular complexity index is 969. The number of anilines is 1. The molecule has 0 amide bonds. The molecule has 0 bridgehead atoms. The van der Waals surface area contributed by atoms with Crippen LogP contribution in [0.3, 0.4) is 0 Å². The van der Waals surface area contributed by atoms with Crippen LogP contribution >= 0.6 is 0 Å². The van der Waals surface area contributed by atoms with Gasteiger partial charge in [0.1, 0.15) is 0 Å². The third kappa shape index (κ3) is 3.38. The van der Waals surface area contributed by atoms with Gasteiger partial charge < -0.3 is 10.8 Å². The molecule has 0 spiro atoms. The van der Waals surface area contributed by atoms with Gasteiger partial charge in [-0.2, -0.15) is 36.1 Å². The van der Waals surface area contributed by atoms with Crippen molar-refractivity contribution in [1.29, 1.82) is 0 Å². The molecular formula is C12H6F6N4O4. The normalized spacial score (nSPS) is 12.2. The highest BCUT2D eigenvalue weighted by Crippen LogP contribution is 2.42. The quantitative estimate of drug-likeness (QED) is 0.527. The first kappa shape index (κ1) is 19.0. The first-order valence-electron chi connectivity index (χ1n) is 6.28. The molecular weight excluding hydrogens is 378 g/mol. The summed E-state index contributed by atoms with van der Waals surface area (Å²) in [6.45, 7) is 0. The van der Waals surface area contributed by atoms with Crippen LogP contribution in [0.25, 0.3) is 5.69 Å². The number of halogens is 6. The molecule has 1 aromatic heterocycles. The Hall–Kier alpha value is -3.32. The predicted octanol–water partition coefficient (Wildman–Crippen LogP) is 1.24. The van der Waals surface area contributed by atoms with Crippen LogP contribution < -0.4 is 17.0 Å². The van der Waals surface area contributed by atoms with E-state index in [4.69, 9.17) is 10.8 Å². The van der Waals surface area contributed by atoms with Crippen molar-refractivity contribution >= 4 is 11.7 Å². The summed E-state index contributed by atoms with van der Waals surface area (Å²) < 4.78 is 77.8. The number of nitrogens with two attached hydrogens (primary N) is 1. The Labute approximate surface area is 137 Å². The molecule has 1 heterocycles. The first-order chi connectivity index (χ1) is 11.7. The number of hydrogen-bond donors (Lipinski definition) is 3. The summed E-state index contributed by atoms with van der Waals surface area (Å²) in [5, 5.41) is 11.8. The molecule has 0 unspecified atom stereocenters. The third-order valence-electron chi connectivity index (χ3n) is 3.05. The van der Waals surface area contributed by atoms with Gasteiger partial charge in [-0.05, 0) is 12.1 Å². The van der Waals surface area contributed by atoms with E-state index in [0.29, 0.717) is 0 Å². The van der Waals surface area contributed by atoms with E-state index in [-0.39, 0.29) is 16.8 Å². The lowest BCUT2D eigenvalue weighted by atomic mass is 10.0. The first-order valence-corrected chi connectivity index (χ1v) is 6.28. The zero-order chi connectivity index (χ0) is 20.0. The maximum atomic E-state index is 13.0. The third-order valence-corrected chi connectivity index (χ3v) is 3.05. The van der Waals surface area contributed by atoms with Gasteiger partial charge in [-0.1, -0.05) is 0 Å². The van der Waals surface area contributed by atoms with Crippen molar-refractivity contribution in [1.82, 2.24) is 14.8 Å². The summed E-state index contributed by atoms with van der Waals surface area (Å²) in [6.07, 6.45) is -10.6. The van der Waals surface area contributed by atoms with Crippen molar-refractivity contribution in [3.05, 3.63) is 49.8 Å². The summed E-state index contributed by atoms with van der Waals surface area (Å²) in [5.41, 5.74) is -5.97. The van der Waals surface area contributed by atoms with Crippen LogP contribution in [0.1, 0.15) is 21.6 Å². The van der Waals surface area contributed by atoms with Gasteiger partial charge in [-0.3, -0.25) is 9.78 Å². The molecule has 2 aromatic rings. The van der Waals surface area contributed by atoms with Crippen molar-refractivity contribution in [2.75, 3.05) is 5.73 Å². The van der Waals surface area contributed by atoms with Crippen molar-refractivity contribution < 1.29 is 36.2 Å². The summed E-state index contributed by atoms with van der Waals surface area (Å²) >= 11 is 0. The van der Waals surface area contributed by atoms with Gasteiger partial charge in [0.05, 0.1) is 22.5 Å². The highest BCUT2D eigenvalue weighted by atomic mass is 19.4. The smallest absolute Gasteiger partial charge is 0.418 e. The Balaban J connectivity index is 2.92. The minimum atomic E-state index is -5.32. The lowest BCUT2D eigenvalue weighted by molar-refractivity contribution is -0.141. The average Bonchev–Trinajstić information content (AvgIpc) is 2.45. The number of carbonyl (C=O) groups is 1. The SMILES string of the molecule is Nc1c(C(F)(F)F)cc(-n2nc(C(=O)O)c(=O)[nH]c2=O)cc1C(F)(F)F. The van der Waals surface area contributed by atoms with E-state index in [1.54, 1.807) is 0 Å². The van der Waals surface area contributed by atoms with Crippen LogP contribution in [-0.2, 0) is 12.4 Å². The van der Waals surface area contributed by atoms with Gasteiger partial charge in [0.25, 0.3) is 5.56 Å². The fourth-order valence-corrected chi connectivity index (χ4v) is 1.94. The van der Waals surface area contributed by atoms with Gasteiger partial charge >= 0.3 is 24.0 Å². The molecule has 4 N–H and O–H groups in total. The zero-order valence-corrected chi connectivity index (χ0v) is 12.1. The van der Waals surface area contributed by atoms with Crippen LogP contribution in [0, 0.1) is 0 Å². The largest absolute Gasteiger partial charge is 0.476 e. The number of carboxylic acid groups (broad SMARTS) is 1. The van der Waals surface area contributed by atoms with E-state index >= 15 is 0 Å². The summed E-state index contributed by atoms with van der Waals surface area (Å²) in [4.78, 5) is 35.2. The van der Waals surface area contributed by atoms with E-state index in [2.05, 4.69) is 5.10 Å². The molecule has 140 valence electrons. The predicted molar refractivity (Wildman–Crippen MR) is 71.8 cm³/mol. The Kier molecular flexibility index (Phi) is 4.31. The molecule has 0 aliphatic rings. The molecule has 8 nitrogen and oxygen atoms in total. The van der Waals surface area contributed by atoms with Crippen molar-refractivity contribution in [2.45, 2.75) is 12.4 Å². The second-order valence-corrected chi connectivity index (χ2v) is 4.77. The molecule has 0 fully saturated rings. The number of carboxylic acids is 1. The van der Waals surface area contributed by atoms with Gasteiger partial charge in [-0.25, -0.2) is 9.59 Å². The maximum Gasteiger partial charge on any atom is 0.418 e. The summed E-state index contributed by atoms with van der Waals surface area (Å²) in [5.74, 6) is -1.96. The topological polar surface area (TPSA) is 131 Å². The van der Waals surface area contributed by atoms with Crippen LogP contribution in [-0.4, -0.2) is 25.8 Å². The molecule has 2 rings (SSSR count). The van der Waals surface area contributed by atoms with Gasteiger partial charge in [0, 0.05) is 0 Å². The highest BCUT2D eigenvalue weighted by Gasteiger charge is 2.41. The number of rotatable bonds is 2. The van der Waals surface area contributed by atoms with Crippen LogP contribution in [0.5, 0.6) is 0 Å². The van der Waals surface area contributed by atoms with Crippen molar-refractivity contribution in [2.24, 2.45) is 0 Å². The van der Waals surface area contributed by atoms with E-state index in [9.17, 15) is 40.7 Å². The molecule has 1 aromatic carbocycles. The number of hydrogen-bond acceptors (Lipinski definition) is 5. The average molecular weight is 384 g/mol. The maximum absolute atomic E-state index is 13.0. The van der Waals surface area contributed by atoms with Crippen molar-refractivity contribution in [3.63, 3.8) is 0 Å². The second kappa shape index (κ2) is 5.89. The fraction of sp³-hybridized carbons (Fsp3) is 0.167. The Morgan fingerprint density at radius 2 is 1.54 bits per heavy atom.